The molecule has 0 radical (unpaired) electrons. The van der Waals surface area contributed by atoms with Crippen LogP contribution in [0.5, 0.6) is 0 Å². The Morgan fingerprint density at radius 3 is 2.35 bits per heavy atom. The number of carbonyl (C=O) groups is 1. The fourth-order valence-corrected chi connectivity index (χ4v) is 1.71. The van der Waals surface area contributed by atoms with Crippen molar-refractivity contribution in [2.24, 2.45) is 0 Å². The van der Waals surface area contributed by atoms with Gasteiger partial charge in [0.25, 0.3) is 6.10 Å². The first-order chi connectivity index (χ1) is 10.4. The SMILES string of the molecule is O=C(/C=C/c1cccnc1)OC(C(F)(F)F)C(F)(F)S(=O)(=O)O. The summed E-state index contributed by atoms with van der Waals surface area (Å²) < 4.78 is 96.3. The molecule has 1 rings (SSSR count). The molecule has 1 N–H and O–H groups in total. The van der Waals surface area contributed by atoms with Crippen molar-refractivity contribution in [3.8, 4) is 0 Å². The zero-order chi connectivity index (χ0) is 17.9. The molecule has 6 nitrogen and oxygen atoms in total. The minimum Gasteiger partial charge on any atom is -0.442 e. The fourth-order valence-electron chi connectivity index (χ4n) is 1.26. The van der Waals surface area contributed by atoms with E-state index in [1.165, 1.54) is 24.5 Å². The van der Waals surface area contributed by atoms with Crippen LogP contribution in [0.25, 0.3) is 6.08 Å². The van der Waals surface area contributed by atoms with Crippen molar-refractivity contribution >= 4 is 22.2 Å². The summed E-state index contributed by atoms with van der Waals surface area (Å²) in [4.78, 5) is 14.8. The number of ether oxygens (including phenoxy) is 1. The Kier molecular flexibility index (Phi) is 5.43. The van der Waals surface area contributed by atoms with E-state index in [2.05, 4.69) is 9.72 Å². The molecule has 0 fully saturated rings. The number of hydrogen-bond donors (Lipinski definition) is 1. The van der Waals surface area contributed by atoms with E-state index in [9.17, 15) is 35.2 Å². The summed E-state index contributed by atoms with van der Waals surface area (Å²) in [5.74, 6) is -1.89. The van der Waals surface area contributed by atoms with Crippen LogP contribution in [0.1, 0.15) is 5.56 Å². The maximum absolute atomic E-state index is 13.1. The summed E-state index contributed by atoms with van der Waals surface area (Å²) in [5, 5.41) is -5.76. The summed E-state index contributed by atoms with van der Waals surface area (Å²) >= 11 is 0. The molecule has 1 aromatic rings. The summed E-state index contributed by atoms with van der Waals surface area (Å²) in [6, 6.07) is 2.82. The van der Waals surface area contributed by atoms with Crippen molar-refractivity contribution in [3.05, 3.63) is 36.2 Å². The Morgan fingerprint density at radius 2 is 1.91 bits per heavy atom. The number of nitrogens with zero attached hydrogens (tertiary/aromatic N) is 1. The van der Waals surface area contributed by atoms with Crippen LogP contribution in [0.2, 0.25) is 0 Å². The van der Waals surface area contributed by atoms with Crippen molar-refractivity contribution in [2.45, 2.75) is 17.5 Å². The van der Waals surface area contributed by atoms with Crippen LogP contribution in [0, 0.1) is 0 Å². The van der Waals surface area contributed by atoms with Gasteiger partial charge in [-0.25, -0.2) is 4.79 Å². The second kappa shape index (κ2) is 6.58. The Balaban J connectivity index is 3.00. The second-order valence-electron chi connectivity index (χ2n) is 4.02. The highest BCUT2D eigenvalue weighted by atomic mass is 32.2. The largest absolute Gasteiger partial charge is 0.442 e. The quantitative estimate of drug-likeness (QED) is 0.373. The van der Waals surface area contributed by atoms with E-state index in [1.807, 2.05) is 0 Å². The maximum Gasteiger partial charge on any atom is 0.432 e. The number of aromatic nitrogens is 1. The van der Waals surface area contributed by atoms with Gasteiger partial charge in [-0.3, -0.25) is 9.54 Å². The standard InChI is InChI=1S/C11H8F5NO5S/c12-10(13,14)9(11(15,16)23(19,20)21)22-8(18)4-3-7-2-1-5-17-6-7/h1-6,9H,(H,19,20,21)/b4-3+. The lowest BCUT2D eigenvalue weighted by molar-refractivity contribution is -0.257. The van der Waals surface area contributed by atoms with Gasteiger partial charge in [0.1, 0.15) is 0 Å². The lowest BCUT2D eigenvalue weighted by Gasteiger charge is -2.25. The van der Waals surface area contributed by atoms with E-state index in [0.29, 0.717) is 6.08 Å². The summed E-state index contributed by atoms with van der Waals surface area (Å²) in [7, 11) is -6.46. The lowest BCUT2D eigenvalue weighted by atomic mass is 10.2. The first kappa shape index (κ1) is 19.0. The molecule has 128 valence electrons. The molecular formula is C11H8F5NO5S. The average Bonchev–Trinajstić information content (AvgIpc) is 2.41. The fraction of sp³-hybridized carbons (Fsp3) is 0.273. The van der Waals surface area contributed by atoms with Gasteiger partial charge in [-0.2, -0.15) is 30.4 Å². The average molecular weight is 361 g/mol. The Labute approximate surface area is 126 Å². The van der Waals surface area contributed by atoms with Gasteiger partial charge in [-0.1, -0.05) is 6.07 Å². The van der Waals surface area contributed by atoms with E-state index in [4.69, 9.17) is 4.55 Å². The molecule has 0 saturated carbocycles. The van der Waals surface area contributed by atoms with Crippen molar-refractivity contribution in [1.82, 2.24) is 4.98 Å². The van der Waals surface area contributed by atoms with Gasteiger partial charge in [0.2, 0.25) is 0 Å². The third-order valence-electron chi connectivity index (χ3n) is 2.28. The molecule has 0 aliphatic carbocycles. The Bertz CT molecular complexity index is 687. The molecule has 0 aromatic carbocycles. The topological polar surface area (TPSA) is 93.6 Å². The van der Waals surface area contributed by atoms with Gasteiger partial charge in [-0.05, 0) is 17.7 Å². The number of hydrogen-bond acceptors (Lipinski definition) is 5. The molecule has 1 aromatic heterocycles. The maximum atomic E-state index is 13.1. The molecule has 0 saturated heterocycles. The molecule has 0 spiro atoms. The third-order valence-corrected chi connectivity index (χ3v) is 3.18. The van der Waals surface area contributed by atoms with E-state index in [1.54, 1.807) is 0 Å². The number of alkyl halides is 5. The molecule has 0 aliphatic heterocycles. The van der Waals surface area contributed by atoms with Gasteiger partial charge in [0.15, 0.2) is 0 Å². The highest BCUT2D eigenvalue weighted by molar-refractivity contribution is 7.86. The molecule has 23 heavy (non-hydrogen) atoms. The first-order valence-electron chi connectivity index (χ1n) is 5.56. The molecule has 12 heteroatoms. The molecule has 0 amide bonds. The van der Waals surface area contributed by atoms with Gasteiger partial charge in [0, 0.05) is 18.5 Å². The Hall–Kier alpha value is -2.08. The van der Waals surface area contributed by atoms with Crippen LogP contribution >= 0.6 is 0 Å². The number of halogens is 5. The van der Waals surface area contributed by atoms with Crippen LogP contribution in [-0.4, -0.2) is 41.5 Å². The van der Waals surface area contributed by atoms with Crippen molar-refractivity contribution in [2.75, 3.05) is 0 Å². The minimum atomic E-state index is -6.46. The van der Waals surface area contributed by atoms with E-state index < -0.39 is 33.6 Å². The number of pyridine rings is 1. The van der Waals surface area contributed by atoms with Crippen molar-refractivity contribution in [3.63, 3.8) is 0 Å². The van der Waals surface area contributed by atoms with Gasteiger partial charge in [-0.15, -0.1) is 0 Å². The molecule has 1 heterocycles. The van der Waals surface area contributed by atoms with Crippen LogP contribution in [0.4, 0.5) is 22.0 Å². The van der Waals surface area contributed by atoms with Crippen molar-refractivity contribution in [1.29, 1.82) is 0 Å². The van der Waals surface area contributed by atoms with Crippen LogP contribution in [0.15, 0.2) is 30.6 Å². The molecular weight excluding hydrogens is 353 g/mol. The van der Waals surface area contributed by atoms with E-state index in [-0.39, 0.29) is 5.56 Å². The molecule has 0 aliphatic rings. The Morgan fingerprint density at radius 1 is 1.30 bits per heavy atom. The minimum absolute atomic E-state index is 0.245. The monoisotopic (exact) mass is 361 g/mol. The summed E-state index contributed by atoms with van der Waals surface area (Å²) in [5.41, 5.74) is 0.245. The highest BCUT2D eigenvalue weighted by Gasteiger charge is 2.65. The van der Waals surface area contributed by atoms with Gasteiger partial charge in [0.05, 0.1) is 0 Å². The van der Waals surface area contributed by atoms with E-state index >= 15 is 0 Å². The number of rotatable bonds is 5. The number of esters is 1. The zero-order valence-corrected chi connectivity index (χ0v) is 11.7. The predicted molar refractivity (Wildman–Crippen MR) is 65.7 cm³/mol. The van der Waals surface area contributed by atoms with Crippen LogP contribution < -0.4 is 0 Å². The number of carbonyl (C=O) groups excluding carboxylic acids is 1. The second-order valence-corrected chi connectivity index (χ2v) is 5.51. The predicted octanol–water partition coefficient (Wildman–Crippen LogP) is 2.05. The van der Waals surface area contributed by atoms with Gasteiger partial charge >= 0.3 is 27.5 Å². The van der Waals surface area contributed by atoms with Crippen molar-refractivity contribution < 1.29 is 44.5 Å². The smallest absolute Gasteiger partial charge is 0.432 e. The highest BCUT2D eigenvalue weighted by Crippen LogP contribution is 2.38. The van der Waals surface area contributed by atoms with Crippen LogP contribution in [0.3, 0.4) is 0 Å². The normalized spacial score (nSPS) is 14.7. The molecule has 1 atom stereocenters. The van der Waals surface area contributed by atoms with E-state index in [0.717, 1.165) is 6.08 Å². The zero-order valence-electron chi connectivity index (χ0n) is 10.9. The first-order valence-corrected chi connectivity index (χ1v) is 7.00. The summed E-state index contributed by atoms with van der Waals surface area (Å²) in [6.07, 6.45) is -6.45. The molecule has 0 bridgehead atoms. The van der Waals surface area contributed by atoms with Crippen LogP contribution in [-0.2, 0) is 19.6 Å². The molecule has 1 unspecified atom stereocenters. The third kappa shape index (κ3) is 4.96. The summed E-state index contributed by atoms with van der Waals surface area (Å²) in [6.45, 7) is 0. The van der Waals surface area contributed by atoms with Gasteiger partial charge < -0.3 is 4.74 Å². The lowest BCUT2D eigenvalue weighted by Crippen LogP contribution is -2.52.